The summed E-state index contributed by atoms with van der Waals surface area (Å²) in [5, 5.41) is 5.38. The SMILES string of the molecule is CCCCCCCCCCCCCCCC(=O)OCC(COP(=O)(O)OCCNC(=O)CCCC(=O)C[C@H]1CCC2(CC1)CC1(CC[C@H](CC(=O)CCCC(=O)NCCOP(=O)(O)OCC(COC(=O)CCCCCCCCCCCCCCC)OC(=O)CCCCCCCCCCCCCCC)CC1)C2)OC(=O)CCCCCCCCCCCCCCC. The smallest absolute Gasteiger partial charge is 0.462 e. The van der Waals surface area contributed by atoms with Crippen LogP contribution in [0, 0.1) is 22.7 Å². The van der Waals surface area contributed by atoms with Crippen molar-refractivity contribution in [2.45, 2.75) is 515 Å². The van der Waals surface area contributed by atoms with Crippen molar-refractivity contribution in [3.63, 3.8) is 0 Å². The van der Waals surface area contributed by atoms with Gasteiger partial charge in [-0.05, 0) is 125 Å². The predicted molar refractivity (Wildman–Crippen MR) is 497 cm³/mol. The number of phosphoric ester groups is 2. The molecule has 3 rings (SSSR count). The van der Waals surface area contributed by atoms with Gasteiger partial charge in [-0.25, -0.2) is 9.13 Å². The molecular formula is C100H184N2O20P2. The number of amides is 2. The molecule has 0 aromatic heterocycles. The average Bonchev–Trinajstić information content (AvgIpc) is 0.731. The van der Waals surface area contributed by atoms with Crippen molar-refractivity contribution in [1.82, 2.24) is 10.6 Å². The van der Waals surface area contributed by atoms with Gasteiger partial charge in [0.05, 0.1) is 26.4 Å². The molecule has 0 heterocycles. The third-order valence-electron chi connectivity index (χ3n) is 26.2. The number of phosphoric acid groups is 2. The van der Waals surface area contributed by atoms with E-state index in [2.05, 4.69) is 38.3 Å². The van der Waals surface area contributed by atoms with E-state index in [1.54, 1.807) is 0 Å². The fourth-order valence-electron chi connectivity index (χ4n) is 18.7. The van der Waals surface area contributed by atoms with Gasteiger partial charge in [0.1, 0.15) is 24.8 Å². The molecule has 724 valence electrons. The van der Waals surface area contributed by atoms with Crippen LogP contribution in [0.1, 0.15) is 503 Å². The third-order valence-corrected chi connectivity index (χ3v) is 28.2. The Kier molecular flexibility index (Phi) is 70.2. The Morgan fingerprint density at radius 3 is 0.782 bits per heavy atom. The van der Waals surface area contributed by atoms with Crippen molar-refractivity contribution >= 4 is 62.9 Å². The number of Topliss-reactive ketones (excluding diaryl/α,β-unsaturated/α-hetero) is 2. The number of esters is 4. The van der Waals surface area contributed by atoms with E-state index in [1.807, 2.05) is 0 Å². The van der Waals surface area contributed by atoms with Gasteiger partial charge in [-0.1, -0.05) is 336 Å². The van der Waals surface area contributed by atoms with Crippen molar-refractivity contribution in [3.05, 3.63) is 0 Å². The van der Waals surface area contributed by atoms with Gasteiger partial charge in [-0.2, -0.15) is 0 Å². The molecule has 3 saturated carbocycles. The molecule has 0 saturated heterocycles. The van der Waals surface area contributed by atoms with Crippen molar-refractivity contribution < 1.29 is 94.3 Å². The summed E-state index contributed by atoms with van der Waals surface area (Å²) in [6.45, 7) is 6.45. The van der Waals surface area contributed by atoms with E-state index in [0.717, 1.165) is 128 Å². The molecule has 0 radical (unpaired) electrons. The second-order valence-electron chi connectivity index (χ2n) is 37.9. The van der Waals surface area contributed by atoms with Gasteiger partial charge in [0.15, 0.2) is 12.2 Å². The van der Waals surface area contributed by atoms with Crippen molar-refractivity contribution in [2.75, 3.05) is 52.7 Å². The Bertz CT molecular complexity index is 2620. The van der Waals surface area contributed by atoms with E-state index in [9.17, 15) is 57.3 Å². The molecule has 22 nitrogen and oxygen atoms in total. The minimum atomic E-state index is -4.66. The standard InChI is InChI=1S/C100H184N2O20P2/c1-5-9-13-17-21-25-29-33-37-41-45-49-53-63-95(107)115-81-91(121-97(109)65-55-51-47-43-39-35-31-27-23-19-15-11-7-3)83-119-123(111,112)117-77-75-101-93(105)61-57-59-89(103)79-87-67-71-99(72-68-87)85-100(86-99)73-69-88(70-74-100)80-90(104)60-58-62-94(106)102-76-78-118-124(113,114)120-84-92(122-98(110)66-56-52-48-44-40-36-32-28-24-20-16-12-8-4)82-116-96(108)64-54-50-46-42-38-34-30-26-22-18-14-10-6-2/h87-88,91-92H,5-86H2,1-4H3,(H,101,105)(H,102,106)(H,111,112)(H,113,114)/t87-,88-,91?,92?,99?,100?. The fourth-order valence-corrected chi connectivity index (χ4v) is 20.2. The van der Waals surface area contributed by atoms with Gasteiger partial charge < -0.3 is 39.4 Å². The molecule has 0 aromatic carbocycles. The van der Waals surface area contributed by atoms with Crippen molar-refractivity contribution in [1.29, 1.82) is 0 Å². The maximum Gasteiger partial charge on any atom is 0.472 e. The zero-order chi connectivity index (χ0) is 90.0. The van der Waals surface area contributed by atoms with Crippen LogP contribution in [-0.2, 0) is 84.5 Å². The summed E-state index contributed by atoms with van der Waals surface area (Å²) in [5.41, 5.74) is 0.664. The highest BCUT2D eigenvalue weighted by Gasteiger charge is 2.55. The summed E-state index contributed by atoms with van der Waals surface area (Å²) < 4.78 is 69.1. The zero-order valence-electron chi connectivity index (χ0n) is 79.4. The first-order chi connectivity index (χ1) is 60.1. The van der Waals surface area contributed by atoms with Gasteiger partial charge in [0.2, 0.25) is 11.8 Å². The van der Waals surface area contributed by atoms with Crippen LogP contribution >= 0.6 is 15.6 Å². The second-order valence-corrected chi connectivity index (χ2v) is 40.8. The van der Waals surface area contributed by atoms with Crippen LogP contribution in [0.15, 0.2) is 0 Å². The molecule has 0 aromatic rings. The van der Waals surface area contributed by atoms with E-state index >= 15 is 0 Å². The Hall–Kier alpha value is -3.62. The molecule has 3 aliphatic carbocycles. The molecular weight excluding hydrogens is 1610 g/mol. The van der Waals surface area contributed by atoms with Crippen LogP contribution in [0.4, 0.5) is 0 Å². The van der Waals surface area contributed by atoms with Gasteiger partial charge in [-0.15, -0.1) is 0 Å². The maximum absolute atomic E-state index is 13.2. The van der Waals surface area contributed by atoms with Crippen LogP contribution in [0.25, 0.3) is 0 Å². The number of rotatable bonds is 88. The van der Waals surface area contributed by atoms with Crippen LogP contribution in [-0.4, -0.2) is 122 Å². The lowest BCUT2D eigenvalue weighted by Crippen LogP contribution is -2.50. The molecule has 3 aliphatic rings. The van der Waals surface area contributed by atoms with E-state index in [-0.39, 0.29) is 101 Å². The van der Waals surface area contributed by atoms with Gasteiger partial charge in [0.25, 0.3) is 0 Å². The lowest BCUT2D eigenvalue weighted by molar-refractivity contribution is -0.161. The molecule has 4 atom stereocenters. The number of carbonyl (C=O) groups excluding carboxylic acids is 8. The van der Waals surface area contributed by atoms with Crippen LogP contribution < -0.4 is 10.6 Å². The van der Waals surface area contributed by atoms with Gasteiger partial charge in [-0.3, -0.25) is 56.5 Å². The number of hydrogen-bond donors (Lipinski definition) is 4. The van der Waals surface area contributed by atoms with E-state index in [1.165, 1.54) is 244 Å². The maximum atomic E-state index is 13.2. The highest BCUT2D eigenvalue weighted by Crippen LogP contribution is 2.67. The molecule has 4 N–H and O–H groups in total. The molecule has 2 amide bonds. The quantitative estimate of drug-likeness (QED) is 0.0190. The first kappa shape index (κ1) is 115. The molecule has 3 fully saturated rings. The minimum absolute atomic E-state index is 0.0687. The summed E-state index contributed by atoms with van der Waals surface area (Å²) >= 11 is 0. The number of ether oxygens (including phenoxy) is 4. The largest absolute Gasteiger partial charge is 0.472 e. The van der Waals surface area contributed by atoms with Crippen LogP contribution in [0.2, 0.25) is 0 Å². The van der Waals surface area contributed by atoms with Crippen LogP contribution in [0.3, 0.4) is 0 Å². The normalized spacial score (nSPS) is 18.4. The minimum Gasteiger partial charge on any atom is -0.462 e. The van der Waals surface area contributed by atoms with Gasteiger partial charge >= 0.3 is 39.5 Å². The fraction of sp³-hybridized carbons (Fsp3) is 0.920. The molecule has 4 unspecified atom stereocenters. The topological polar surface area (TPSA) is 309 Å². The lowest BCUT2D eigenvalue weighted by Gasteiger charge is -2.61. The number of hydrogen-bond acceptors (Lipinski definition) is 18. The van der Waals surface area contributed by atoms with Crippen molar-refractivity contribution in [2.24, 2.45) is 22.7 Å². The predicted octanol–water partition coefficient (Wildman–Crippen LogP) is 26.7. The number of unbranched alkanes of at least 4 members (excludes halogenated alkanes) is 48. The molecule has 124 heavy (non-hydrogen) atoms. The van der Waals surface area contributed by atoms with Crippen molar-refractivity contribution in [3.8, 4) is 0 Å². The summed E-state index contributed by atoms with van der Waals surface area (Å²) in [5.74, 6) is -1.50. The highest BCUT2D eigenvalue weighted by atomic mass is 31.2. The molecule has 0 aliphatic heterocycles. The Labute approximate surface area is 754 Å². The highest BCUT2D eigenvalue weighted by molar-refractivity contribution is 7.47. The van der Waals surface area contributed by atoms with E-state index in [4.69, 9.17) is 37.0 Å². The second kappa shape index (κ2) is 76.0. The first-order valence-corrected chi connectivity index (χ1v) is 54.6. The monoisotopic (exact) mass is 1800 g/mol. The lowest BCUT2D eigenvalue weighted by atomic mass is 9.44. The van der Waals surface area contributed by atoms with E-state index < -0.39 is 64.9 Å². The Balaban J connectivity index is 1.27. The Morgan fingerprint density at radius 1 is 0.298 bits per heavy atom. The molecule has 2 spiro atoms. The van der Waals surface area contributed by atoms with Crippen LogP contribution in [0.5, 0.6) is 0 Å². The number of carbonyl (C=O) groups is 8. The summed E-state index contributed by atoms with van der Waals surface area (Å²) in [4.78, 5) is 125. The first-order valence-electron chi connectivity index (χ1n) is 51.6. The van der Waals surface area contributed by atoms with Gasteiger partial charge in [0, 0.05) is 77.3 Å². The Morgan fingerprint density at radius 2 is 0.532 bits per heavy atom. The number of nitrogens with one attached hydrogen (secondary N) is 2. The average molecular weight is 1800 g/mol. The van der Waals surface area contributed by atoms with E-state index in [0.29, 0.717) is 86.9 Å². The third kappa shape index (κ3) is 65.0. The zero-order valence-corrected chi connectivity index (χ0v) is 81.2. The summed E-state index contributed by atoms with van der Waals surface area (Å²) in [7, 11) is -9.33. The molecule has 24 heteroatoms. The molecule has 0 bridgehead atoms. The summed E-state index contributed by atoms with van der Waals surface area (Å²) in [6.07, 6.45) is 73.5. The summed E-state index contributed by atoms with van der Waals surface area (Å²) in [6, 6.07) is 0. The number of ketones is 2.